The van der Waals surface area contributed by atoms with Gasteiger partial charge < -0.3 is 14.7 Å². The van der Waals surface area contributed by atoms with Crippen LogP contribution < -0.4 is 14.7 Å². The van der Waals surface area contributed by atoms with E-state index >= 15 is 0 Å². The van der Waals surface area contributed by atoms with Crippen LogP contribution >= 0.6 is 11.3 Å². The predicted octanol–water partition coefficient (Wildman–Crippen LogP) is 17.8. The van der Waals surface area contributed by atoms with Gasteiger partial charge in [0.25, 0.3) is 0 Å². The van der Waals surface area contributed by atoms with Crippen LogP contribution in [0, 0.1) is 0 Å². The van der Waals surface area contributed by atoms with E-state index in [-0.39, 0.29) is 0 Å². The van der Waals surface area contributed by atoms with Gasteiger partial charge >= 0.3 is 0 Å². The molecule has 11 rings (SSSR count). The smallest absolute Gasteiger partial charge is 0.0476 e. The topological polar surface area (TPSA) is 9.72 Å². The standard InChI is InChI=1S/C60H43N3S/c1-6-17-44(18-7-1)45-29-33-52(34-30-45)63(53-35-31-46(32-36-53)47-19-16-28-54(41-47)61(48-20-8-2-9-21-48)49-22-10-3-11-23-49)56-37-39-57-58-42-55(38-40-59(58)64-60(57)43-56)62(50-24-12-4-13-25-50)51-26-14-5-15-27-51/h1-43H. The van der Waals surface area contributed by atoms with Crippen LogP contribution in [0.2, 0.25) is 0 Å². The number of hydrogen-bond acceptors (Lipinski definition) is 4. The molecule has 304 valence electrons. The monoisotopic (exact) mass is 837 g/mol. The van der Waals surface area contributed by atoms with Gasteiger partial charge in [-0.05, 0) is 138 Å². The highest BCUT2D eigenvalue weighted by Crippen LogP contribution is 2.44. The van der Waals surface area contributed by atoms with Gasteiger partial charge in [-0.1, -0.05) is 146 Å². The van der Waals surface area contributed by atoms with Crippen LogP contribution in [-0.4, -0.2) is 0 Å². The Morgan fingerprint density at radius 1 is 0.203 bits per heavy atom. The SMILES string of the molecule is c1ccc(-c2ccc(N(c3ccc(-c4cccc(N(c5ccccc5)c5ccccc5)c4)cc3)c3ccc4c(c3)sc3ccc(N(c5ccccc5)c5ccccc5)cc34)cc2)cc1. The van der Waals surface area contributed by atoms with Crippen molar-refractivity contribution in [1.82, 2.24) is 0 Å². The fourth-order valence-corrected chi connectivity index (χ4v) is 9.86. The molecule has 0 atom stereocenters. The third-order valence-corrected chi connectivity index (χ3v) is 12.9. The quantitative estimate of drug-likeness (QED) is 0.128. The first-order valence-corrected chi connectivity index (χ1v) is 22.5. The Morgan fingerprint density at radius 3 is 1.05 bits per heavy atom. The van der Waals surface area contributed by atoms with Gasteiger partial charge in [-0.25, -0.2) is 0 Å². The Hall–Kier alpha value is -8.18. The lowest BCUT2D eigenvalue weighted by molar-refractivity contribution is 1.28. The second-order valence-electron chi connectivity index (χ2n) is 15.8. The Bertz CT molecular complexity index is 3220. The van der Waals surface area contributed by atoms with Gasteiger partial charge in [0, 0.05) is 71.4 Å². The van der Waals surface area contributed by atoms with Crippen molar-refractivity contribution in [1.29, 1.82) is 0 Å². The minimum absolute atomic E-state index is 1.09. The van der Waals surface area contributed by atoms with E-state index in [0.29, 0.717) is 0 Å². The van der Waals surface area contributed by atoms with E-state index in [2.05, 4.69) is 276 Å². The van der Waals surface area contributed by atoms with Crippen LogP contribution in [-0.2, 0) is 0 Å². The van der Waals surface area contributed by atoms with Gasteiger partial charge in [0.15, 0.2) is 0 Å². The van der Waals surface area contributed by atoms with Gasteiger partial charge in [0.2, 0.25) is 0 Å². The van der Waals surface area contributed by atoms with E-state index in [4.69, 9.17) is 0 Å². The summed E-state index contributed by atoms with van der Waals surface area (Å²) in [4.78, 5) is 7.02. The average molecular weight is 838 g/mol. The highest BCUT2D eigenvalue weighted by molar-refractivity contribution is 7.25. The molecule has 0 fully saturated rings. The van der Waals surface area contributed by atoms with Crippen LogP contribution in [0.1, 0.15) is 0 Å². The summed E-state index contributed by atoms with van der Waals surface area (Å²) < 4.78 is 2.51. The molecule has 64 heavy (non-hydrogen) atoms. The molecule has 0 aliphatic rings. The maximum absolute atomic E-state index is 2.38. The van der Waals surface area contributed by atoms with Crippen LogP contribution in [0.15, 0.2) is 261 Å². The van der Waals surface area contributed by atoms with Crippen LogP contribution in [0.4, 0.5) is 51.2 Å². The van der Waals surface area contributed by atoms with E-state index in [1.54, 1.807) is 0 Å². The molecule has 0 N–H and O–H groups in total. The molecule has 0 saturated carbocycles. The molecule has 3 nitrogen and oxygen atoms in total. The number of rotatable bonds is 11. The zero-order chi connectivity index (χ0) is 42.7. The van der Waals surface area contributed by atoms with Gasteiger partial charge in [-0.15, -0.1) is 11.3 Å². The Kier molecular flexibility index (Phi) is 10.5. The summed E-state index contributed by atoms with van der Waals surface area (Å²) in [6.45, 7) is 0. The molecular formula is C60H43N3S. The summed E-state index contributed by atoms with van der Waals surface area (Å²) in [5.74, 6) is 0. The summed E-state index contributed by atoms with van der Waals surface area (Å²) in [6.07, 6.45) is 0. The number of fused-ring (bicyclic) bond motifs is 3. The minimum Gasteiger partial charge on any atom is -0.310 e. The van der Waals surface area contributed by atoms with Crippen molar-refractivity contribution in [3.8, 4) is 22.3 Å². The second-order valence-corrected chi connectivity index (χ2v) is 16.9. The number of hydrogen-bond donors (Lipinski definition) is 0. The molecule has 1 aromatic heterocycles. The summed E-state index contributed by atoms with van der Waals surface area (Å²) in [5, 5.41) is 2.51. The molecule has 10 aromatic carbocycles. The summed E-state index contributed by atoms with van der Waals surface area (Å²) in [5.41, 5.74) is 14.7. The third-order valence-electron chi connectivity index (χ3n) is 11.8. The first kappa shape index (κ1) is 38.7. The molecule has 4 heteroatoms. The number of nitrogens with zero attached hydrogens (tertiary/aromatic N) is 3. The first-order chi connectivity index (χ1) is 31.7. The lowest BCUT2D eigenvalue weighted by Crippen LogP contribution is -2.10. The summed E-state index contributed by atoms with van der Waals surface area (Å²) in [7, 11) is 0. The maximum atomic E-state index is 2.38. The second kappa shape index (κ2) is 17.3. The molecule has 11 aromatic rings. The van der Waals surface area contributed by atoms with Gasteiger partial charge in [0.1, 0.15) is 0 Å². The van der Waals surface area contributed by atoms with Gasteiger partial charge in [-0.3, -0.25) is 0 Å². The minimum atomic E-state index is 1.09. The fourth-order valence-electron chi connectivity index (χ4n) is 8.74. The number of para-hydroxylation sites is 4. The third kappa shape index (κ3) is 7.68. The number of thiophene rings is 1. The molecule has 0 amide bonds. The zero-order valence-corrected chi connectivity index (χ0v) is 35.9. The largest absolute Gasteiger partial charge is 0.310 e. The van der Waals surface area contributed by atoms with Crippen molar-refractivity contribution in [2.45, 2.75) is 0 Å². The molecule has 0 saturated heterocycles. The Balaban J connectivity index is 0.975. The zero-order valence-electron chi connectivity index (χ0n) is 35.1. The van der Waals surface area contributed by atoms with Crippen LogP contribution in [0.25, 0.3) is 42.4 Å². The molecule has 0 bridgehead atoms. The lowest BCUT2D eigenvalue weighted by atomic mass is 10.0. The molecule has 1 heterocycles. The van der Waals surface area contributed by atoms with E-state index in [1.807, 2.05) is 11.3 Å². The van der Waals surface area contributed by atoms with E-state index in [1.165, 1.54) is 31.3 Å². The Labute approximate surface area is 378 Å². The van der Waals surface area contributed by atoms with Crippen molar-refractivity contribution >= 4 is 82.7 Å². The van der Waals surface area contributed by atoms with Crippen molar-refractivity contribution in [3.63, 3.8) is 0 Å². The van der Waals surface area contributed by atoms with Crippen LogP contribution in [0.3, 0.4) is 0 Å². The molecule has 0 aliphatic carbocycles. The van der Waals surface area contributed by atoms with Crippen molar-refractivity contribution in [3.05, 3.63) is 261 Å². The van der Waals surface area contributed by atoms with Gasteiger partial charge in [0.05, 0.1) is 0 Å². The van der Waals surface area contributed by atoms with E-state index in [0.717, 1.165) is 62.3 Å². The molecule has 0 spiro atoms. The molecule has 0 radical (unpaired) electrons. The van der Waals surface area contributed by atoms with Crippen LogP contribution in [0.5, 0.6) is 0 Å². The molecule has 0 aliphatic heterocycles. The fraction of sp³-hybridized carbons (Fsp3) is 0. The van der Waals surface area contributed by atoms with E-state index < -0.39 is 0 Å². The van der Waals surface area contributed by atoms with Crippen molar-refractivity contribution < 1.29 is 0 Å². The van der Waals surface area contributed by atoms with Gasteiger partial charge in [-0.2, -0.15) is 0 Å². The summed E-state index contributed by atoms with van der Waals surface area (Å²) in [6, 6.07) is 93.5. The number of anilines is 9. The molecular weight excluding hydrogens is 795 g/mol. The Morgan fingerprint density at radius 2 is 0.547 bits per heavy atom. The highest BCUT2D eigenvalue weighted by atomic mass is 32.1. The maximum Gasteiger partial charge on any atom is 0.0476 e. The summed E-state index contributed by atoms with van der Waals surface area (Å²) >= 11 is 1.85. The predicted molar refractivity (Wildman–Crippen MR) is 274 cm³/mol. The van der Waals surface area contributed by atoms with E-state index in [9.17, 15) is 0 Å². The lowest BCUT2D eigenvalue weighted by Gasteiger charge is -2.27. The average Bonchev–Trinajstić information content (AvgIpc) is 3.74. The first-order valence-electron chi connectivity index (χ1n) is 21.7. The highest BCUT2D eigenvalue weighted by Gasteiger charge is 2.19. The molecule has 0 unspecified atom stereocenters. The number of benzene rings is 10. The van der Waals surface area contributed by atoms with Crippen molar-refractivity contribution in [2.75, 3.05) is 14.7 Å². The normalized spacial score (nSPS) is 11.1. The van der Waals surface area contributed by atoms with Crippen molar-refractivity contribution in [2.24, 2.45) is 0 Å².